The summed E-state index contributed by atoms with van der Waals surface area (Å²) in [6.45, 7) is 1.51. The van der Waals surface area contributed by atoms with E-state index < -0.39 is 0 Å². The Bertz CT molecular complexity index is 867. The van der Waals surface area contributed by atoms with Crippen LogP contribution in [0.25, 0.3) is 5.69 Å². The summed E-state index contributed by atoms with van der Waals surface area (Å²) < 4.78 is 7.52. The predicted molar refractivity (Wildman–Crippen MR) is 95.1 cm³/mol. The van der Waals surface area contributed by atoms with E-state index in [4.69, 9.17) is 4.74 Å². The minimum atomic E-state index is -0.319. The van der Waals surface area contributed by atoms with Crippen LogP contribution < -0.4 is 5.32 Å². The first kappa shape index (κ1) is 16.5. The predicted octanol–water partition coefficient (Wildman–Crippen LogP) is 2.29. The van der Waals surface area contributed by atoms with Crippen LogP contribution in [0.1, 0.15) is 29.8 Å². The van der Waals surface area contributed by atoms with Gasteiger partial charge in [0.25, 0.3) is 5.91 Å². The number of aromatic nitrogens is 5. The average Bonchev–Trinajstić information content (AvgIpc) is 3.33. The highest BCUT2D eigenvalue weighted by Gasteiger charge is 2.16. The van der Waals surface area contributed by atoms with Crippen LogP contribution in [0.4, 0.5) is 5.69 Å². The van der Waals surface area contributed by atoms with Crippen LogP contribution in [0.15, 0.2) is 48.9 Å². The van der Waals surface area contributed by atoms with Crippen LogP contribution in [0, 0.1) is 0 Å². The zero-order chi connectivity index (χ0) is 17.8. The summed E-state index contributed by atoms with van der Waals surface area (Å²) in [4.78, 5) is 13.8. The fourth-order valence-electron chi connectivity index (χ4n) is 2.94. The fraction of sp³-hybridized carbons (Fsp3) is 0.333. The van der Waals surface area contributed by atoms with Crippen LogP contribution in [0.2, 0.25) is 0 Å². The molecular formula is C18H20N6O2. The van der Waals surface area contributed by atoms with Crippen molar-refractivity contribution in [3.05, 3.63) is 54.6 Å². The maximum absolute atomic E-state index is 12.4. The van der Waals surface area contributed by atoms with Crippen molar-refractivity contribution < 1.29 is 9.53 Å². The Morgan fingerprint density at radius 3 is 2.88 bits per heavy atom. The van der Waals surface area contributed by atoms with Gasteiger partial charge in [-0.3, -0.25) is 9.48 Å². The van der Waals surface area contributed by atoms with E-state index in [1.165, 1.54) is 17.4 Å². The minimum absolute atomic E-state index is 0.193. The molecule has 0 saturated carbocycles. The van der Waals surface area contributed by atoms with Gasteiger partial charge in [-0.1, -0.05) is 18.2 Å². The molecule has 8 heteroatoms. The van der Waals surface area contributed by atoms with E-state index in [0.29, 0.717) is 12.2 Å². The second kappa shape index (κ2) is 7.49. The topological polar surface area (TPSA) is 86.9 Å². The second-order valence-electron chi connectivity index (χ2n) is 6.25. The van der Waals surface area contributed by atoms with Crippen molar-refractivity contribution in [3.8, 4) is 5.69 Å². The van der Waals surface area contributed by atoms with Crippen LogP contribution in [-0.2, 0) is 11.3 Å². The normalized spacial score (nSPS) is 17.2. The largest absolute Gasteiger partial charge is 0.376 e. The van der Waals surface area contributed by atoms with Gasteiger partial charge in [-0.25, -0.2) is 0 Å². The van der Waals surface area contributed by atoms with Crippen LogP contribution >= 0.6 is 0 Å². The number of anilines is 1. The molecule has 8 nitrogen and oxygen atoms in total. The van der Waals surface area contributed by atoms with Gasteiger partial charge in [0.1, 0.15) is 0 Å². The molecule has 1 unspecified atom stereocenters. The van der Waals surface area contributed by atoms with E-state index in [-0.39, 0.29) is 17.7 Å². The second-order valence-corrected chi connectivity index (χ2v) is 6.25. The molecule has 3 heterocycles. The van der Waals surface area contributed by atoms with Crippen molar-refractivity contribution in [2.75, 3.05) is 11.9 Å². The molecule has 3 aromatic rings. The van der Waals surface area contributed by atoms with Crippen molar-refractivity contribution in [2.45, 2.75) is 31.9 Å². The third-order valence-corrected chi connectivity index (χ3v) is 4.27. The number of carbonyl (C=O) groups excluding carboxylic acids is 1. The maximum atomic E-state index is 12.4. The molecular weight excluding hydrogens is 332 g/mol. The highest BCUT2D eigenvalue weighted by atomic mass is 16.5. The Balaban J connectivity index is 1.38. The highest BCUT2D eigenvalue weighted by molar-refractivity contribution is 6.02. The van der Waals surface area contributed by atoms with Crippen LogP contribution in [0.5, 0.6) is 0 Å². The summed E-state index contributed by atoms with van der Waals surface area (Å²) in [6, 6.07) is 9.44. The molecule has 2 aromatic heterocycles. The maximum Gasteiger partial charge on any atom is 0.277 e. The SMILES string of the molecule is O=C(Nc1cnn(CC2CCCCO2)c1)c1cnn(-c2ccccc2)n1. The molecule has 1 aromatic carbocycles. The lowest BCUT2D eigenvalue weighted by molar-refractivity contribution is 0.00401. The summed E-state index contributed by atoms with van der Waals surface area (Å²) in [7, 11) is 0. The third-order valence-electron chi connectivity index (χ3n) is 4.27. The summed E-state index contributed by atoms with van der Waals surface area (Å²) in [5.41, 5.74) is 1.67. The number of carbonyl (C=O) groups is 1. The van der Waals surface area contributed by atoms with Crippen molar-refractivity contribution >= 4 is 11.6 Å². The Morgan fingerprint density at radius 1 is 1.19 bits per heavy atom. The monoisotopic (exact) mass is 352 g/mol. The molecule has 0 bridgehead atoms. The molecule has 134 valence electrons. The van der Waals surface area contributed by atoms with Crippen molar-refractivity contribution in [3.63, 3.8) is 0 Å². The van der Waals surface area contributed by atoms with E-state index in [1.807, 2.05) is 30.3 Å². The lowest BCUT2D eigenvalue weighted by Gasteiger charge is -2.22. The molecule has 1 aliphatic heterocycles. The number of benzene rings is 1. The number of nitrogens with one attached hydrogen (secondary N) is 1. The molecule has 0 aliphatic carbocycles. The van der Waals surface area contributed by atoms with E-state index in [2.05, 4.69) is 20.6 Å². The fourth-order valence-corrected chi connectivity index (χ4v) is 2.94. The number of hydrogen-bond donors (Lipinski definition) is 1. The zero-order valence-electron chi connectivity index (χ0n) is 14.3. The first-order chi connectivity index (χ1) is 12.8. The van der Waals surface area contributed by atoms with Gasteiger partial charge in [-0.05, 0) is 31.4 Å². The quantitative estimate of drug-likeness (QED) is 0.761. The zero-order valence-corrected chi connectivity index (χ0v) is 14.3. The molecule has 1 N–H and O–H groups in total. The van der Waals surface area contributed by atoms with Gasteiger partial charge in [-0.2, -0.15) is 15.0 Å². The van der Waals surface area contributed by atoms with E-state index in [9.17, 15) is 4.79 Å². The smallest absolute Gasteiger partial charge is 0.277 e. The first-order valence-corrected chi connectivity index (χ1v) is 8.71. The number of rotatable bonds is 5. The number of hydrogen-bond acceptors (Lipinski definition) is 5. The molecule has 1 aliphatic rings. The van der Waals surface area contributed by atoms with Gasteiger partial charge >= 0.3 is 0 Å². The van der Waals surface area contributed by atoms with Gasteiger partial charge in [0.2, 0.25) is 0 Å². The number of para-hydroxylation sites is 1. The Hall–Kier alpha value is -3.00. The van der Waals surface area contributed by atoms with E-state index in [1.54, 1.807) is 17.1 Å². The number of nitrogens with zero attached hydrogens (tertiary/aromatic N) is 5. The number of ether oxygens (including phenoxy) is 1. The minimum Gasteiger partial charge on any atom is -0.376 e. The van der Waals surface area contributed by atoms with Gasteiger partial charge in [-0.15, -0.1) is 5.10 Å². The van der Waals surface area contributed by atoms with Gasteiger partial charge < -0.3 is 10.1 Å². The van der Waals surface area contributed by atoms with E-state index in [0.717, 1.165) is 25.1 Å². The molecule has 1 saturated heterocycles. The Morgan fingerprint density at radius 2 is 2.08 bits per heavy atom. The first-order valence-electron chi connectivity index (χ1n) is 8.71. The molecule has 26 heavy (non-hydrogen) atoms. The van der Waals surface area contributed by atoms with Gasteiger partial charge in [0, 0.05) is 12.8 Å². The molecule has 1 atom stereocenters. The highest BCUT2D eigenvalue weighted by Crippen LogP contribution is 2.15. The average molecular weight is 352 g/mol. The van der Waals surface area contributed by atoms with Crippen molar-refractivity contribution in [2.24, 2.45) is 0 Å². The molecule has 1 amide bonds. The molecule has 0 spiro atoms. The van der Waals surface area contributed by atoms with Gasteiger partial charge in [0.05, 0.1) is 36.4 Å². The van der Waals surface area contributed by atoms with Crippen molar-refractivity contribution in [1.82, 2.24) is 24.8 Å². The summed E-state index contributed by atoms with van der Waals surface area (Å²) >= 11 is 0. The third kappa shape index (κ3) is 3.80. The van der Waals surface area contributed by atoms with Crippen molar-refractivity contribution in [1.29, 1.82) is 0 Å². The van der Waals surface area contributed by atoms with E-state index >= 15 is 0 Å². The molecule has 0 radical (unpaired) electrons. The van der Waals surface area contributed by atoms with Crippen LogP contribution in [-0.4, -0.2) is 43.4 Å². The Labute approximate surface area is 150 Å². The lowest BCUT2D eigenvalue weighted by atomic mass is 10.1. The summed E-state index contributed by atoms with van der Waals surface area (Å²) in [5.74, 6) is -0.319. The summed E-state index contributed by atoms with van der Waals surface area (Å²) in [5, 5.41) is 15.5. The standard InChI is InChI=1S/C18H20N6O2/c25-18(17-11-20-24(22-17)15-6-2-1-3-7-15)21-14-10-19-23(12-14)13-16-8-4-5-9-26-16/h1-3,6-7,10-12,16H,4-5,8-9,13H2,(H,21,25). The lowest BCUT2D eigenvalue weighted by Crippen LogP contribution is -2.24. The Kier molecular flexibility index (Phi) is 4.74. The molecule has 4 rings (SSSR count). The summed E-state index contributed by atoms with van der Waals surface area (Å²) in [6.07, 6.45) is 8.43. The number of amides is 1. The molecule has 1 fully saturated rings. The van der Waals surface area contributed by atoms with Gasteiger partial charge in [0.15, 0.2) is 5.69 Å². The van der Waals surface area contributed by atoms with Crippen LogP contribution in [0.3, 0.4) is 0 Å².